The molecule has 2 rings (SSSR count). The molecule has 3 unspecified atom stereocenters. The molecule has 0 saturated carbocycles. The molecule has 1 aliphatic heterocycles. The van der Waals surface area contributed by atoms with Crippen LogP contribution in [0.15, 0.2) is 12.2 Å². The van der Waals surface area contributed by atoms with Gasteiger partial charge in [0, 0.05) is 11.2 Å². The Labute approximate surface area is 70.0 Å². The van der Waals surface area contributed by atoms with E-state index in [9.17, 15) is 4.79 Å². The number of carbonyl (C=O) groups is 1. The molecule has 1 saturated heterocycles. The summed E-state index contributed by atoms with van der Waals surface area (Å²) in [4.78, 5) is 11.1. The molecule has 0 radical (unpaired) electrons. The van der Waals surface area contributed by atoms with Crippen LogP contribution in [-0.2, 0) is 9.53 Å². The van der Waals surface area contributed by atoms with Gasteiger partial charge in [-0.1, -0.05) is 12.2 Å². The summed E-state index contributed by atoms with van der Waals surface area (Å²) < 4.78 is 4.69. The highest BCUT2D eigenvalue weighted by Crippen LogP contribution is 2.45. The number of carbonyl (C=O) groups excluding carboxylic acids is 1. The van der Waals surface area contributed by atoms with Gasteiger partial charge < -0.3 is 4.74 Å². The molecule has 0 spiro atoms. The van der Waals surface area contributed by atoms with E-state index < -0.39 is 0 Å². The number of thioether (sulfide) groups is 1. The van der Waals surface area contributed by atoms with Crippen molar-refractivity contribution >= 4 is 17.7 Å². The zero-order chi connectivity index (χ0) is 7.84. The summed E-state index contributed by atoms with van der Waals surface area (Å²) in [5.41, 5.74) is 0. The van der Waals surface area contributed by atoms with Gasteiger partial charge in [0.25, 0.3) is 0 Å². The van der Waals surface area contributed by atoms with Crippen molar-refractivity contribution in [1.82, 2.24) is 0 Å². The predicted molar refractivity (Wildman–Crippen MR) is 44.4 cm³/mol. The van der Waals surface area contributed by atoms with Crippen LogP contribution >= 0.6 is 11.8 Å². The first kappa shape index (κ1) is 7.22. The summed E-state index contributed by atoms with van der Waals surface area (Å²) >= 11 is 1.73. The fourth-order valence-electron chi connectivity index (χ4n) is 1.65. The summed E-state index contributed by atoms with van der Waals surface area (Å²) in [6, 6.07) is 0. The third-order valence-corrected chi connectivity index (χ3v) is 3.76. The Balaban J connectivity index is 2.08. The van der Waals surface area contributed by atoms with E-state index in [1.807, 2.05) is 0 Å². The first-order valence-electron chi connectivity index (χ1n) is 3.73. The molecule has 11 heavy (non-hydrogen) atoms. The first-order chi connectivity index (χ1) is 5.31. The van der Waals surface area contributed by atoms with Crippen LogP contribution in [0, 0.1) is 5.92 Å². The molecule has 0 amide bonds. The molecule has 0 aromatic rings. The Hall–Kier alpha value is -0.440. The van der Waals surface area contributed by atoms with Gasteiger partial charge in [-0.15, -0.1) is 11.8 Å². The second-order valence-electron chi connectivity index (χ2n) is 2.90. The van der Waals surface area contributed by atoms with Gasteiger partial charge in [0.2, 0.25) is 0 Å². The maximum Gasteiger partial charge on any atom is 0.319 e. The van der Waals surface area contributed by atoms with Gasteiger partial charge in [0.15, 0.2) is 0 Å². The van der Waals surface area contributed by atoms with E-state index >= 15 is 0 Å². The van der Waals surface area contributed by atoms with Crippen molar-refractivity contribution in [2.24, 2.45) is 5.92 Å². The van der Waals surface area contributed by atoms with Crippen molar-refractivity contribution in [1.29, 1.82) is 0 Å². The standard InChI is InChI=1S/C8H10O2S/c1-10-8(9)7-5-2-3-6(4-5)11-7/h2-3,5-7H,4H2,1H3. The van der Waals surface area contributed by atoms with Crippen molar-refractivity contribution in [2.45, 2.75) is 16.9 Å². The molecular formula is C8H10O2S. The van der Waals surface area contributed by atoms with Crippen molar-refractivity contribution in [2.75, 3.05) is 7.11 Å². The Kier molecular flexibility index (Phi) is 1.68. The molecule has 1 fully saturated rings. The molecule has 0 aromatic heterocycles. The van der Waals surface area contributed by atoms with E-state index in [4.69, 9.17) is 4.74 Å². The minimum Gasteiger partial charge on any atom is -0.468 e. The number of rotatable bonds is 1. The topological polar surface area (TPSA) is 26.3 Å². The summed E-state index contributed by atoms with van der Waals surface area (Å²) in [7, 11) is 1.46. The molecule has 2 nitrogen and oxygen atoms in total. The minimum atomic E-state index is -0.0631. The van der Waals surface area contributed by atoms with E-state index in [1.165, 1.54) is 7.11 Å². The smallest absolute Gasteiger partial charge is 0.319 e. The number of allylic oxidation sites excluding steroid dienone is 1. The fourth-order valence-corrected chi connectivity index (χ4v) is 3.16. The van der Waals surface area contributed by atoms with Crippen LogP contribution in [0.4, 0.5) is 0 Å². The lowest BCUT2D eigenvalue weighted by molar-refractivity contribution is -0.140. The van der Waals surface area contributed by atoms with Gasteiger partial charge in [0.1, 0.15) is 5.25 Å². The number of fused-ring (bicyclic) bond motifs is 2. The van der Waals surface area contributed by atoms with Gasteiger partial charge in [-0.2, -0.15) is 0 Å². The summed E-state index contributed by atoms with van der Waals surface area (Å²) in [5, 5.41) is 0.652. The molecule has 1 aliphatic carbocycles. The monoisotopic (exact) mass is 170 g/mol. The third-order valence-electron chi connectivity index (χ3n) is 2.22. The lowest BCUT2D eigenvalue weighted by atomic mass is 10.1. The summed E-state index contributed by atoms with van der Waals surface area (Å²) in [5.74, 6) is 0.379. The Morgan fingerprint density at radius 1 is 1.64 bits per heavy atom. The maximum absolute atomic E-state index is 11.1. The van der Waals surface area contributed by atoms with Crippen LogP contribution in [0.1, 0.15) is 6.42 Å². The van der Waals surface area contributed by atoms with E-state index in [1.54, 1.807) is 11.8 Å². The third kappa shape index (κ3) is 1.07. The number of hydrogen-bond donors (Lipinski definition) is 0. The molecule has 0 N–H and O–H groups in total. The molecule has 3 atom stereocenters. The van der Waals surface area contributed by atoms with Gasteiger partial charge >= 0.3 is 5.97 Å². The zero-order valence-electron chi connectivity index (χ0n) is 6.32. The zero-order valence-corrected chi connectivity index (χ0v) is 7.14. The SMILES string of the molecule is COC(=O)C1SC2C=CC1C2. The molecule has 3 heteroatoms. The molecule has 60 valence electrons. The Morgan fingerprint density at radius 3 is 2.91 bits per heavy atom. The number of esters is 1. The van der Waals surface area contributed by atoms with Gasteiger partial charge in [0.05, 0.1) is 7.11 Å². The van der Waals surface area contributed by atoms with Gasteiger partial charge in [-0.3, -0.25) is 4.79 Å². The van der Waals surface area contributed by atoms with Crippen LogP contribution in [0.3, 0.4) is 0 Å². The molecule has 2 bridgehead atoms. The average Bonchev–Trinajstić information content (AvgIpc) is 2.62. The second-order valence-corrected chi connectivity index (χ2v) is 4.29. The number of ether oxygens (including phenoxy) is 1. The highest BCUT2D eigenvalue weighted by atomic mass is 32.2. The van der Waals surface area contributed by atoms with Crippen molar-refractivity contribution in [3.8, 4) is 0 Å². The molecular weight excluding hydrogens is 160 g/mol. The Bertz CT molecular complexity index is 212. The predicted octanol–water partition coefficient (Wildman–Crippen LogP) is 1.22. The number of methoxy groups -OCH3 is 1. The van der Waals surface area contributed by atoms with Crippen LogP contribution in [-0.4, -0.2) is 23.6 Å². The van der Waals surface area contributed by atoms with Crippen LogP contribution in [0.2, 0.25) is 0 Å². The average molecular weight is 170 g/mol. The largest absolute Gasteiger partial charge is 0.468 e. The lowest BCUT2D eigenvalue weighted by Gasteiger charge is -2.13. The molecule has 2 aliphatic rings. The van der Waals surface area contributed by atoms with E-state index in [0.29, 0.717) is 11.2 Å². The van der Waals surface area contributed by atoms with Crippen LogP contribution in [0.25, 0.3) is 0 Å². The van der Waals surface area contributed by atoms with Crippen molar-refractivity contribution in [3.05, 3.63) is 12.2 Å². The molecule has 1 heterocycles. The summed E-state index contributed by atoms with van der Waals surface area (Å²) in [6.07, 6.45) is 5.46. The van der Waals surface area contributed by atoms with Crippen LogP contribution < -0.4 is 0 Å². The molecule has 0 aromatic carbocycles. The Morgan fingerprint density at radius 2 is 2.45 bits per heavy atom. The van der Waals surface area contributed by atoms with E-state index in [0.717, 1.165) is 6.42 Å². The van der Waals surface area contributed by atoms with Gasteiger partial charge in [-0.05, 0) is 6.42 Å². The highest BCUT2D eigenvalue weighted by Gasteiger charge is 2.41. The fraction of sp³-hybridized carbons (Fsp3) is 0.625. The minimum absolute atomic E-state index is 0.0631. The van der Waals surface area contributed by atoms with Crippen molar-refractivity contribution < 1.29 is 9.53 Å². The van der Waals surface area contributed by atoms with Crippen molar-refractivity contribution in [3.63, 3.8) is 0 Å². The first-order valence-corrected chi connectivity index (χ1v) is 4.67. The second kappa shape index (κ2) is 2.55. The number of hydrogen-bond acceptors (Lipinski definition) is 3. The van der Waals surface area contributed by atoms with E-state index in [2.05, 4.69) is 12.2 Å². The summed E-state index contributed by atoms with van der Waals surface area (Å²) in [6.45, 7) is 0. The highest BCUT2D eigenvalue weighted by molar-refractivity contribution is 8.01. The van der Waals surface area contributed by atoms with Gasteiger partial charge in [-0.25, -0.2) is 0 Å². The normalized spacial score (nSPS) is 39.5. The van der Waals surface area contributed by atoms with Crippen LogP contribution in [0.5, 0.6) is 0 Å². The maximum atomic E-state index is 11.1. The quantitative estimate of drug-likeness (QED) is 0.437. The lowest BCUT2D eigenvalue weighted by Crippen LogP contribution is -2.23. The van der Waals surface area contributed by atoms with E-state index in [-0.39, 0.29) is 11.2 Å².